The molecule has 178 valence electrons. The van der Waals surface area contributed by atoms with E-state index >= 15 is 0 Å². The van der Waals surface area contributed by atoms with Gasteiger partial charge in [-0.1, -0.05) is 52.0 Å². The van der Waals surface area contributed by atoms with E-state index in [1.54, 1.807) is 0 Å². The van der Waals surface area contributed by atoms with E-state index in [9.17, 15) is 0 Å². The molecule has 1 fully saturated rings. The summed E-state index contributed by atoms with van der Waals surface area (Å²) in [5, 5.41) is 0. The zero-order valence-corrected chi connectivity index (χ0v) is 21.3. The summed E-state index contributed by atoms with van der Waals surface area (Å²) in [5.41, 5.74) is 5.27. The molecule has 0 aliphatic carbocycles. The first kappa shape index (κ1) is 23.8. The minimum Gasteiger partial charge on any atom is -0.377 e. The molecule has 0 radical (unpaired) electrons. The van der Waals surface area contributed by atoms with Gasteiger partial charge in [0, 0.05) is 30.7 Å². The first-order valence-corrected chi connectivity index (χ1v) is 12.7. The Morgan fingerprint density at radius 2 is 1.79 bits per heavy atom. The van der Waals surface area contributed by atoms with Gasteiger partial charge in [-0.3, -0.25) is 0 Å². The Labute approximate surface area is 200 Å². The molecule has 0 spiro atoms. The molecule has 33 heavy (non-hydrogen) atoms. The number of fused-ring (bicyclic) bond motifs is 1. The van der Waals surface area contributed by atoms with Gasteiger partial charge in [0.05, 0.1) is 23.7 Å². The van der Waals surface area contributed by atoms with Crippen molar-refractivity contribution in [2.75, 3.05) is 18.1 Å². The van der Waals surface area contributed by atoms with E-state index in [1.807, 2.05) is 0 Å². The second-order valence-corrected chi connectivity index (χ2v) is 10.8. The number of rotatable bonds is 7. The van der Waals surface area contributed by atoms with Gasteiger partial charge < -0.3 is 14.2 Å². The second kappa shape index (κ2) is 9.89. The van der Waals surface area contributed by atoms with Gasteiger partial charge in [0.1, 0.15) is 5.82 Å². The Morgan fingerprint density at radius 1 is 1.06 bits per heavy atom. The molecule has 0 amide bonds. The lowest BCUT2D eigenvalue weighted by atomic mass is 9.86. The van der Waals surface area contributed by atoms with Crippen LogP contribution in [0.4, 0.5) is 5.69 Å². The van der Waals surface area contributed by atoms with Crippen molar-refractivity contribution in [1.29, 1.82) is 0 Å². The van der Waals surface area contributed by atoms with Crippen LogP contribution in [0.3, 0.4) is 0 Å². The lowest BCUT2D eigenvalue weighted by Gasteiger charge is -2.41. The van der Waals surface area contributed by atoms with Gasteiger partial charge in [-0.2, -0.15) is 0 Å². The molecule has 4 nitrogen and oxygen atoms in total. The van der Waals surface area contributed by atoms with Crippen molar-refractivity contribution in [2.45, 2.75) is 90.8 Å². The molecular formula is C29H41N3O. The quantitative estimate of drug-likeness (QED) is 0.394. The predicted octanol–water partition coefficient (Wildman–Crippen LogP) is 6.92. The smallest absolute Gasteiger partial charge is 0.113 e. The third-order valence-corrected chi connectivity index (χ3v) is 7.07. The van der Waals surface area contributed by atoms with Crippen LogP contribution < -0.4 is 4.90 Å². The number of ether oxygens (including phenoxy) is 1. The Kier molecular flexibility index (Phi) is 7.13. The summed E-state index contributed by atoms with van der Waals surface area (Å²) in [4.78, 5) is 7.75. The van der Waals surface area contributed by atoms with E-state index in [0.717, 1.165) is 44.5 Å². The molecule has 2 aromatic carbocycles. The molecule has 1 aromatic heterocycles. The molecule has 2 heterocycles. The van der Waals surface area contributed by atoms with Crippen molar-refractivity contribution >= 4 is 16.7 Å². The van der Waals surface area contributed by atoms with Crippen LogP contribution >= 0.6 is 0 Å². The highest BCUT2D eigenvalue weighted by Gasteiger charge is 2.31. The van der Waals surface area contributed by atoms with Crippen LogP contribution in [0.2, 0.25) is 0 Å². The van der Waals surface area contributed by atoms with Gasteiger partial charge in [0.2, 0.25) is 0 Å². The molecule has 1 saturated heterocycles. The van der Waals surface area contributed by atoms with Gasteiger partial charge in [0.25, 0.3) is 0 Å². The molecule has 0 N–H and O–H groups in total. The molecule has 0 saturated carbocycles. The van der Waals surface area contributed by atoms with E-state index in [-0.39, 0.29) is 11.5 Å². The average Bonchev–Trinajstić information content (AvgIpc) is 3.16. The molecule has 3 aromatic rings. The Bertz CT molecular complexity index is 1040. The average molecular weight is 448 g/mol. The third kappa shape index (κ3) is 5.27. The second-order valence-electron chi connectivity index (χ2n) is 10.8. The fraction of sp³-hybridized carbons (Fsp3) is 0.552. The standard InChI is InChI=1S/C29H41N3O/c1-7-24-20-22(16-17-31(24)25-14-12-23(13-15-25)29(4,5)6)28-30-26-10-8-9-11-27(26)32(28)18-19-33-21(2)3/h8-15,21-22,24H,7,16-20H2,1-6H3. The van der Waals surface area contributed by atoms with Crippen molar-refractivity contribution in [3.63, 3.8) is 0 Å². The minimum atomic E-state index is 0.189. The Morgan fingerprint density at radius 3 is 2.45 bits per heavy atom. The molecule has 2 unspecified atom stereocenters. The first-order chi connectivity index (χ1) is 15.8. The number of piperidine rings is 1. The first-order valence-electron chi connectivity index (χ1n) is 12.7. The van der Waals surface area contributed by atoms with Crippen LogP contribution in [0, 0.1) is 0 Å². The fourth-order valence-electron chi connectivity index (χ4n) is 5.19. The van der Waals surface area contributed by atoms with Crippen LogP contribution in [-0.2, 0) is 16.7 Å². The fourth-order valence-corrected chi connectivity index (χ4v) is 5.19. The summed E-state index contributed by atoms with van der Waals surface area (Å²) in [6, 6.07) is 18.3. The van der Waals surface area contributed by atoms with E-state index < -0.39 is 0 Å². The molecule has 4 heteroatoms. The van der Waals surface area contributed by atoms with Crippen molar-refractivity contribution in [3.8, 4) is 0 Å². The topological polar surface area (TPSA) is 30.3 Å². The summed E-state index contributed by atoms with van der Waals surface area (Å²) >= 11 is 0. The third-order valence-electron chi connectivity index (χ3n) is 7.07. The summed E-state index contributed by atoms with van der Waals surface area (Å²) in [7, 11) is 0. The van der Waals surface area contributed by atoms with Crippen LogP contribution in [-0.4, -0.2) is 34.8 Å². The summed E-state index contributed by atoms with van der Waals surface area (Å²) in [5.74, 6) is 1.72. The summed E-state index contributed by atoms with van der Waals surface area (Å²) in [6.07, 6.45) is 3.67. The van der Waals surface area contributed by atoms with Crippen LogP contribution in [0.15, 0.2) is 48.5 Å². The van der Waals surface area contributed by atoms with E-state index in [4.69, 9.17) is 9.72 Å². The molecule has 0 bridgehead atoms. The number of para-hydroxylation sites is 2. The predicted molar refractivity (Wildman–Crippen MR) is 139 cm³/mol. The van der Waals surface area contributed by atoms with Gasteiger partial charge in [-0.15, -0.1) is 0 Å². The van der Waals surface area contributed by atoms with E-state index in [1.165, 1.54) is 22.6 Å². The van der Waals surface area contributed by atoms with Crippen LogP contribution in [0.1, 0.15) is 78.1 Å². The highest BCUT2D eigenvalue weighted by Crippen LogP contribution is 2.37. The largest absolute Gasteiger partial charge is 0.377 e. The minimum absolute atomic E-state index is 0.189. The molecular weight excluding hydrogens is 406 g/mol. The zero-order valence-electron chi connectivity index (χ0n) is 21.3. The molecule has 4 rings (SSSR count). The zero-order chi connectivity index (χ0) is 23.6. The monoisotopic (exact) mass is 447 g/mol. The normalized spacial score (nSPS) is 19.5. The Hall–Kier alpha value is -2.33. The molecule has 1 aliphatic heterocycles. The summed E-state index contributed by atoms with van der Waals surface area (Å²) < 4.78 is 8.32. The number of imidazole rings is 1. The van der Waals surface area contributed by atoms with Crippen molar-refractivity contribution < 1.29 is 4.74 Å². The van der Waals surface area contributed by atoms with Gasteiger partial charge >= 0.3 is 0 Å². The van der Waals surface area contributed by atoms with Crippen LogP contribution in [0.5, 0.6) is 0 Å². The van der Waals surface area contributed by atoms with Gasteiger partial charge in [-0.25, -0.2) is 4.98 Å². The van der Waals surface area contributed by atoms with E-state index in [2.05, 4.69) is 99.5 Å². The number of benzene rings is 2. The number of aromatic nitrogens is 2. The molecule has 2 atom stereocenters. The Balaban J connectivity index is 1.56. The maximum Gasteiger partial charge on any atom is 0.113 e. The number of hydrogen-bond donors (Lipinski definition) is 0. The maximum atomic E-state index is 5.90. The number of nitrogens with zero attached hydrogens (tertiary/aromatic N) is 3. The van der Waals surface area contributed by atoms with Crippen molar-refractivity contribution in [1.82, 2.24) is 9.55 Å². The van der Waals surface area contributed by atoms with Crippen LogP contribution in [0.25, 0.3) is 11.0 Å². The summed E-state index contributed by atoms with van der Waals surface area (Å²) in [6.45, 7) is 16.0. The number of anilines is 1. The SMILES string of the molecule is CCC1CC(c2nc3ccccc3n2CCOC(C)C)CCN1c1ccc(C(C)(C)C)cc1. The number of hydrogen-bond acceptors (Lipinski definition) is 3. The molecule has 1 aliphatic rings. The van der Waals surface area contributed by atoms with E-state index in [0.29, 0.717) is 12.0 Å². The van der Waals surface area contributed by atoms with Crippen molar-refractivity contribution in [3.05, 3.63) is 59.9 Å². The maximum absolute atomic E-state index is 5.90. The van der Waals surface area contributed by atoms with Gasteiger partial charge in [0.15, 0.2) is 0 Å². The van der Waals surface area contributed by atoms with Crippen molar-refractivity contribution in [2.24, 2.45) is 0 Å². The lowest BCUT2D eigenvalue weighted by molar-refractivity contribution is 0.0726. The lowest BCUT2D eigenvalue weighted by Crippen LogP contribution is -2.42. The highest BCUT2D eigenvalue weighted by atomic mass is 16.5. The van der Waals surface area contributed by atoms with Gasteiger partial charge in [-0.05, 0) is 68.4 Å². The highest BCUT2D eigenvalue weighted by molar-refractivity contribution is 5.76.